The Morgan fingerprint density at radius 3 is 2.32 bits per heavy atom. The third-order valence-corrected chi connectivity index (χ3v) is 17.8. The fraction of sp³-hybridized carbons (Fsp3) is 0.200. The van der Waals surface area contributed by atoms with Crippen LogP contribution in [0.4, 0.5) is 4.39 Å². The number of para-hydroxylation sites is 3. The Morgan fingerprint density at radius 2 is 1.50 bits per heavy atom. The molecule has 7 aromatic carbocycles. The Balaban J connectivity index is 1.20. The molecule has 0 N–H and O–H groups in total. The van der Waals surface area contributed by atoms with Crippen LogP contribution < -0.4 is 14.3 Å². The van der Waals surface area contributed by atoms with Crippen molar-refractivity contribution < 1.29 is 13.5 Å². The van der Waals surface area contributed by atoms with Crippen LogP contribution in [-0.4, -0.2) is 12.6 Å². The second kappa shape index (κ2) is 15.6. The molecule has 0 saturated heterocycles. The molecule has 5 heterocycles. The number of aromatic nitrogens is 3. The molecule has 0 aliphatic carbocycles. The molecule has 0 radical (unpaired) electrons. The van der Waals surface area contributed by atoms with Gasteiger partial charge in [-0.2, -0.15) is 13.7 Å². The number of rotatable bonds is 5. The molecule has 6 heteroatoms. The summed E-state index contributed by atoms with van der Waals surface area (Å²) < 4.78 is 27.2. The van der Waals surface area contributed by atoms with Gasteiger partial charge in [0.05, 0.1) is 24.8 Å². The van der Waals surface area contributed by atoms with Gasteiger partial charge < -0.3 is 0 Å². The Kier molecular flexibility index (Phi) is 9.67. The number of hydrogen-bond donors (Lipinski definition) is 0. The van der Waals surface area contributed by atoms with E-state index in [1.807, 2.05) is 6.07 Å². The van der Waals surface area contributed by atoms with Gasteiger partial charge in [0.2, 0.25) is 5.69 Å². The highest BCUT2D eigenvalue weighted by atomic mass is 32.1. The lowest BCUT2D eigenvalue weighted by molar-refractivity contribution is -0.719. The molecule has 324 valence electrons. The van der Waals surface area contributed by atoms with Crippen molar-refractivity contribution in [3.8, 4) is 39.5 Å². The SMILES string of the molecule is C=C1CC2C(CCc3cc(F)c4c(sc5c6ccccc6ccc54)c3-c3n(-c4ccccc4-c4ccccc4)c4ccccc4[n+]31)c1ccccc1-c1cc(CC(C)C)c([Si](C)(C)C)c[n+]12. The van der Waals surface area contributed by atoms with Gasteiger partial charge in [0.1, 0.15) is 17.2 Å². The summed E-state index contributed by atoms with van der Waals surface area (Å²) in [4.78, 5) is 0. The zero-order valence-electron chi connectivity index (χ0n) is 38.4. The minimum Gasteiger partial charge on any atom is -0.206 e. The van der Waals surface area contributed by atoms with Crippen molar-refractivity contribution in [2.24, 2.45) is 5.92 Å². The lowest BCUT2D eigenvalue weighted by Gasteiger charge is -2.33. The van der Waals surface area contributed by atoms with E-state index in [4.69, 9.17) is 6.58 Å². The van der Waals surface area contributed by atoms with E-state index in [9.17, 15) is 0 Å². The zero-order chi connectivity index (χ0) is 45.0. The van der Waals surface area contributed by atoms with E-state index in [2.05, 4.69) is 199 Å². The van der Waals surface area contributed by atoms with E-state index in [0.717, 1.165) is 95.3 Å². The Hall–Kier alpha value is -6.47. The molecule has 0 spiro atoms. The molecule has 12 rings (SSSR count). The van der Waals surface area contributed by atoms with Crippen molar-refractivity contribution in [3.05, 3.63) is 187 Å². The molecule has 0 amide bonds. The molecule has 3 nitrogen and oxygen atoms in total. The van der Waals surface area contributed by atoms with Crippen molar-refractivity contribution in [2.75, 3.05) is 0 Å². The van der Waals surface area contributed by atoms with E-state index >= 15 is 4.39 Å². The Morgan fingerprint density at radius 1 is 0.773 bits per heavy atom. The van der Waals surface area contributed by atoms with E-state index < -0.39 is 8.07 Å². The van der Waals surface area contributed by atoms with Crippen molar-refractivity contribution >= 4 is 72.3 Å². The molecule has 0 saturated carbocycles. The zero-order valence-corrected chi connectivity index (χ0v) is 40.2. The first kappa shape index (κ1) is 41.0. The second-order valence-electron chi connectivity index (χ2n) is 20.2. The number of imidazole rings is 1. The van der Waals surface area contributed by atoms with E-state index in [1.165, 1.54) is 27.6 Å². The van der Waals surface area contributed by atoms with E-state index in [0.29, 0.717) is 17.7 Å². The summed E-state index contributed by atoms with van der Waals surface area (Å²) in [5.74, 6) is 1.59. The van der Waals surface area contributed by atoms with Gasteiger partial charge in [-0.3, -0.25) is 0 Å². The van der Waals surface area contributed by atoms with Crippen LogP contribution in [0.5, 0.6) is 0 Å². The number of halogens is 1. The van der Waals surface area contributed by atoms with Crippen LogP contribution >= 0.6 is 11.3 Å². The summed E-state index contributed by atoms with van der Waals surface area (Å²) in [5, 5.41) is 5.52. The maximum Gasteiger partial charge on any atom is 0.301 e. The molecular weight excluding hydrogens is 842 g/mol. The smallest absolute Gasteiger partial charge is 0.206 e. The van der Waals surface area contributed by atoms with Gasteiger partial charge in [-0.15, -0.1) is 11.3 Å². The fourth-order valence-corrected chi connectivity index (χ4v) is 14.8. The lowest BCUT2D eigenvalue weighted by Crippen LogP contribution is -2.54. The van der Waals surface area contributed by atoms with Gasteiger partial charge >= 0.3 is 5.82 Å². The molecule has 2 aliphatic rings. The summed E-state index contributed by atoms with van der Waals surface area (Å²) in [6.45, 7) is 17.3. The highest BCUT2D eigenvalue weighted by Crippen LogP contribution is 2.50. The average Bonchev–Trinajstić information content (AvgIpc) is 3.88. The number of aryl methyl sites for hydroxylation is 1. The molecule has 0 fully saturated rings. The van der Waals surface area contributed by atoms with Crippen LogP contribution in [-0.2, 0) is 12.8 Å². The molecule has 0 bridgehead atoms. The van der Waals surface area contributed by atoms with Gasteiger partial charge in [-0.1, -0.05) is 155 Å². The number of thiophene rings is 1. The number of allylic oxidation sites excluding steroid dienone is 1. The third-order valence-electron chi connectivity index (χ3n) is 14.5. The quantitative estimate of drug-likeness (QED) is 0.121. The minimum atomic E-state index is -1.78. The summed E-state index contributed by atoms with van der Waals surface area (Å²) in [6, 6.07) is 54.8. The summed E-state index contributed by atoms with van der Waals surface area (Å²) in [7, 11) is -1.78. The summed E-state index contributed by atoms with van der Waals surface area (Å²) in [5.41, 5.74) is 14.2. The minimum absolute atomic E-state index is 0.0930. The first-order chi connectivity index (χ1) is 32.0. The Labute approximate surface area is 391 Å². The number of hydrogen-bond acceptors (Lipinski definition) is 1. The lowest BCUT2D eigenvalue weighted by atomic mass is 9.77. The molecule has 10 aromatic rings. The van der Waals surface area contributed by atoms with Gasteiger partial charge in [-0.25, -0.2) is 4.39 Å². The van der Waals surface area contributed by atoms with Crippen molar-refractivity contribution in [1.29, 1.82) is 0 Å². The van der Waals surface area contributed by atoms with Gasteiger partial charge in [0.25, 0.3) is 0 Å². The van der Waals surface area contributed by atoms with E-state index in [-0.39, 0.29) is 17.8 Å². The van der Waals surface area contributed by atoms with Crippen LogP contribution in [0, 0.1) is 11.7 Å². The Bertz CT molecular complexity index is 3610. The normalized spacial score (nSPS) is 16.1. The standard InChI is InChI=1S/C60H54FN3SSi/c1-37(2)32-42-35-54-46-24-13-12-23-45(46)47-30-29-41-34-49(61)57-48-31-28-40-20-10-11-22-44(40)58(48)65-59(57)56(41)60-63(38(3)33-53(47)62(54)36-55(42)66(4,5)6)51-26-16-17-27-52(51)64(60)50-25-15-14-21-43(50)39-18-8-7-9-19-39/h7-28,31,34-37,47,53H,3,29-30,32-33H2,1-2,4-6H3/q+2. The van der Waals surface area contributed by atoms with Crippen LogP contribution in [0.2, 0.25) is 19.6 Å². The van der Waals surface area contributed by atoms with Crippen molar-refractivity contribution in [3.63, 3.8) is 0 Å². The fourth-order valence-electron chi connectivity index (χ4n) is 11.7. The van der Waals surface area contributed by atoms with Gasteiger partial charge in [0.15, 0.2) is 23.3 Å². The van der Waals surface area contributed by atoms with Crippen LogP contribution in [0.3, 0.4) is 0 Å². The predicted molar refractivity (Wildman–Crippen MR) is 278 cm³/mol. The molecule has 2 atom stereocenters. The number of fused-ring (bicyclic) bond motifs is 17. The predicted octanol–water partition coefficient (Wildman–Crippen LogP) is 14.8. The molecular formula is C60H54FN3SSi+2. The largest absolute Gasteiger partial charge is 0.301 e. The van der Waals surface area contributed by atoms with Gasteiger partial charge in [-0.05, 0) is 88.5 Å². The summed E-state index contributed by atoms with van der Waals surface area (Å²) in [6.07, 6.45) is 5.95. The highest BCUT2D eigenvalue weighted by molar-refractivity contribution is 7.27. The number of benzene rings is 7. The monoisotopic (exact) mass is 895 g/mol. The van der Waals surface area contributed by atoms with Gasteiger partial charge in [0, 0.05) is 43.8 Å². The topological polar surface area (TPSA) is 12.7 Å². The maximum absolute atomic E-state index is 17.5. The number of nitrogens with zero attached hydrogens (tertiary/aromatic N) is 3. The molecule has 2 unspecified atom stereocenters. The summed E-state index contributed by atoms with van der Waals surface area (Å²) >= 11 is 1.74. The van der Waals surface area contributed by atoms with Crippen molar-refractivity contribution in [1.82, 2.24) is 4.57 Å². The van der Waals surface area contributed by atoms with Crippen LogP contribution in [0.15, 0.2) is 164 Å². The van der Waals surface area contributed by atoms with Crippen molar-refractivity contribution in [2.45, 2.75) is 71.1 Å². The molecule has 66 heavy (non-hydrogen) atoms. The third kappa shape index (κ3) is 6.40. The first-order valence-corrected chi connectivity index (χ1v) is 28.0. The number of pyridine rings is 1. The maximum atomic E-state index is 17.5. The average molecular weight is 896 g/mol. The second-order valence-corrected chi connectivity index (χ2v) is 26.2. The molecule has 2 aliphatic heterocycles. The molecule has 3 aromatic heterocycles. The highest BCUT2D eigenvalue weighted by Gasteiger charge is 2.45. The first-order valence-electron chi connectivity index (χ1n) is 23.7. The van der Waals surface area contributed by atoms with Crippen LogP contribution in [0.25, 0.3) is 87.1 Å². The van der Waals surface area contributed by atoms with E-state index in [1.54, 1.807) is 11.3 Å². The van der Waals surface area contributed by atoms with Crippen LogP contribution in [0.1, 0.15) is 55.3 Å².